The Morgan fingerprint density at radius 2 is 2.11 bits per heavy atom. The molecule has 0 amide bonds. The first-order valence-electron chi connectivity index (χ1n) is 9.54. The van der Waals surface area contributed by atoms with E-state index in [1.54, 1.807) is 16.8 Å². The van der Waals surface area contributed by atoms with E-state index >= 15 is 0 Å². The Kier molecular flexibility index (Phi) is 4.94. The van der Waals surface area contributed by atoms with Crippen LogP contribution in [0.2, 0.25) is 0 Å². The molecule has 2 atom stereocenters. The topological polar surface area (TPSA) is 59.8 Å². The molecule has 0 bridgehead atoms. The second-order valence-corrected chi connectivity index (χ2v) is 7.72. The molecule has 1 saturated carbocycles. The molecule has 1 N–H and O–H groups in total. The van der Waals surface area contributed by atoms with Crippen molar-refractivity contribution in [3.8, 4) is 11.3 Å². The maximum absolute atomic E-state index is 13.0. The molecule has 0 aliphatic heterocycles. The molecule has 2 aromatic carbocycles. The van der Waals surface area contributed by atoms with Crippen molar-refractivity contribution >= 4 is 12.0 Å². The van der Waals surface area contributed by atoms with Gasteiger partial charge in [-0.1, -0.05) is 42.8 Å². The van der Waals surface area contributed by atoms with Gasteiger partial charge in [-0.25, -0.2) is 9.07 Å². The first-order valence-corrected chi connectivity index (χ1v) is 9.54. The fraction of sp³-hybridized carbons (Fsp3) is 0.318. The number of rotatable bonds is 6. The van der Waals surface area contributed by atoms with Gasteiger partial charge < -0.3 is 10.1 Å². The van der Waals surface area contributed by atoms with Crippen molar-refractivity contribution < 1.29 is 9.18 Å². The van der Waals surface area contributed by atoms with Crippen LogP contribution in [-0.2, 0) is 11.3 Å². The highest BCUT2D eigenvalue weighted by atomic mass is 19.1. The van der Waals surface area contributed by atoms with Crippen molar-refractivity contribution in [2.24, 2.45) is 5.41 Å². The lowest BCUT2D eigenvalue weighted by Gasteiger charge is -2.27. The Bertz CT molecular complexity index is 969. The predicted molar refractivity (Wildman–Crippen MR) is 106 cm³/mol. The zero-order valence-corrected chi connectivity index (χ0v) is 15.8. The summed E-state index contributed by atoms with van der Waals surface area (Å²) in [6.07, 6.45) is 5.94. The minimum absolute atomic E-state index is 0.148. The van der Waals surface area contributed by atoms with Crippen molar-refractivity contribution in [2.75, 3.05) is 5.32 Å². The van der Waals surface area contributed by atoms with E-state index < -0.39 is 0 Å². The summed E-state index contributed by atoms with van der Waals surface area (Å²) in [4.78, 5) is 11.5. The summed E-state index contributed by atoms with van der Waals surface area (Å²) in [5.41, 5.74) is 3.36. The van der Waals surface area contributed by atoms with Crippen LogP contribution in [0, 0.1) is 11.2 Å². The van der Waals surface area contributed by atoms with E-state index in [1.165, 1.54) is 12.1 Å². The minimum Gasteiger partial charge on any atom is -0.381 e. The summed E-state index contributed by atoms with van der Waals surface area (Å²) < 4.78 is 14.8. The van der Waals surface area contributed by atoms with E-state index in [0.29, 0.717) is 6.54 Å². The van der Waals surface area contributed by atoms with Crippen LogP contribution in [0.15, 0.2) is 54.7 Å². The van der Waals surface area contributed by atoms with Gasteiger partial charge in [0.1, 0.15) is 17.8 Å². The largest absolute Gasteiger partial charge is 0.381 e. The fourth-order valence-electron chi connectivity index (χ4n) is 3.82. The quantitative estimate of drug-likeness (QED) is 0.650. The van der Waals surface area contributed by atoms with E-state index in [1.807, 2.05) is 37.4 Å². The number of aromatic nitrogens is 3. The maximum Gasteiger partial charge on any atom is 0.127 e. The molecule has 1 aromatic heterocycles. The zero-order valence-electron chi connectivity index (χ0n) is 15.8. The summed E-state index contributed by atoms with van der Waals surface area (Å²) in [5.74, 6) is -0.250. The number of hydrogen-bond donors (Lipinski definition) is 1. The number of aldehydes is 1. The van der Waals surface area contributed by atoms with E-state index in [0.717, 1.165) is 48.1 Å². The molecule has 4 rings (SSSR count). The van der Waals surface area contributed by atoms with Crippen LogP contribution in [0.1, 0.15) is 31.7 Å². The molecule has 5 nitrogen and oxygen atoms in total. The third kappa shape index (κ3) is 3.81. The van der Waals surface area contributed by atoms with Gasteiger partial charge in [-0.15, -0.1) is 5.10 Å². The Labute approximate surface area is 163 Å². The highest BCUT2D eigenvalue weighted by Gasteiger charge is 2.38. The van der Waals surface area contributed by atoms with E-state index in [-0.39, 0.29) is 17.3 Å². The third-order valence-corrected chi connectivity index (χ3v) is 5.57. The molecule has 0 spiro atoms. The molecule has 1 aliphatic rings. The molecule has 144 valence electrons. The molecule has 1 aliphatic carbocycles. The minimum atomic E-state index is -0.311. The van der Waals surface area contributed by atoms with Crippen LogP contribution < -0.4 is 5.32 Å². The molecule has 1 heterocycles. The number of hydrogen-bond acceptors (Lipinski definition) is 4. The van der Waals surface area contributed by atoms with Crippen molar-refractivity contribution in [3.63, 3.8) is 0 Å². The van der Waals surface area contributed by atoms with Gasteiger partial charge in [0.05, 0.1) is 12.7 Å². The summed E-state index contributed by atoms with van der Waals surface area (Å²) in [6.45, 7) is 2.56. The van der Waals surface area contributed by atoms with E-state index in [4.69, 9.17) is 0 Å². The maximum atomic E-state index is 13.0. The summed E-state index contributed by atoms with van der Waals surface area (Å²) >= 11 is 0. The standard InChI is InChI=1S/C22H23FN4O/c1-22(15-28)11-3-6-21(22)24-19-5-2-4-17(12-19)20-14-27(26-25-20)13-16-7-9-18(23)10-8-16/h2,4-5,7-10,12,14-15,21,24H,3,6,11,13H2,1H3. The number of carbonyl (C=O) groups is 1. The van der Waals surface area contributed by atoms with Crippen LogP contribution >= 0.6 is 0 Å². The second kappa shape index (κ2) is 7.54. The fourth-order valence-corrected chi connectivity index (χ4v) is 3.82. The Morgan fingerprint density at radius 1 is 1.29 bits per heavy atom. The normalized spacial score (nSPS) is 21.6. The van der Waals surface area contributed by atoms with Crippen molar-refractivity contribution in [1.82, 2.24) is 15.0 Å². The van der Waals surface area contributed by atoms with Crippen LogP contribution in [0.25, 0.3) is 11.3 Å². The number of nitrogens with one attached hydrogen (secondary N) is 1. The lowest BCUT2D eigenvalue weighted by molar-refractivity contribution is -0.115. The summed E-state index contributed by atoms with van der Waals surface area (Å²) in [5, 5.41) is 12.0. The van der Waals surface area contributed by atoms with Gasteiger partial charge >= 0.3 is 0 Å². The average molecular weight is 378 g/mol. The van der Waals surface area contributed by atoms with Gasteiger partial charge in [0.15, 0.2) is 0 Å². The molecule has 28 heavy (non-hydrogen) atoms. The van der Waals surface area contributed by atoms with Crippen molar-refractivity contribution in [3.05, 3.63) is 66.1 Å². The van der Waals surface area contributed by atoms with Crippen LogP contribution in [0.4, 0.5) is 10.1 Å². The molecule has 3 aromatic rings. The molecule has 2 unspecified atom stereocenters. The average Bonchev–Trinajstić information content (AvgIpc) is 3.32. The number of nitrogens with zero attached hydrogens (tertiary/aromatic N) is 3. The van der Waals surface area contributed by atoms with Gasteiger partial charge in [0.25, 0.3) is 0 Å². The lowest BCUT2D eigenvalue weighted by atomic mass is 9.86. The van der Waals surface area contributed by atoms with Gasteiger partial charge in [0, 0.05) is 22.7 Å². The monoisotopic (exact) mass is 378 g/mol. The predicted octanol–water partition coefficient (Wildman–Crippen LogP) is 4.30. The molecule has 0 radical (unpaired) electrons. The highest BCUT2D eigenvalue weighted by Crippen LogP contribution is 2.38. The van der Waals surface area contributed by atoms with Crippen molar-refractivity contribution in [1.29, 1.82) is 0 Å². The molecule has 1 fully saturated rings. The lowest BCUT2D eigenvalue weighted by Crippen LogP contribution is -2.34. The first kappa shape index (κ1) is 18.3. The van der Waals surface area contributed by atoms with Crippen LogP contribution in [0.5, 0.6) is 0 Å². The molecular weight excluding hydrogens is 355 g/mol. The first-order chi connectivity index (χ1) is 13.6. The summed E-state index contributed by atoms with van der Waals surface area (Å²) in [7, 11) is 0. The number of halogens is 1. The SMILES string of the molecule is CC1(C=O)CCCC1Nc1cccc(-c2cn(Cc3ccc(F)cc3)nn2)c1. The Hall–Kier alpha value is -3.02. The highest BCUT2D eigenvalue weighted by molar-refractivity contribution is 5.66. The van der Waals surface area contributed by atoms with Crippen LogP contribution in [-0.4, -0.2) is 27.3 Å². The van der Waals surface area contributed by atoms with Gasteiger partial charge in [-0.2, -0.15) is 0 Å². The van der Waals surface area contributed by atoms with Crippen molar-refractivity contribution in [2.45, 2.75) is 38.8 Å². The Balaban J connectivity index is 1.49. The van der Waals surface area contributed by atoms with Crippen LogP contribution in [0.3, 0.4) is 0 Å². The van der Waals surface area contributed by atoms with Gasteiger partial charge in [-0.3, -0.25) is 0 Å². The Morgan fingerprint density at radius 3 is 2.89 bits per heavy atom. The summed E-state index contributed by atoms with van der Waals surface area (Å²) in [6, 6.07) is 14.5. The van der Waals surface area contributed by atoms with Gasteiger partial charge in [-0.05, 0) is 42.7 Å². The third-order valence-electron chi connectivity index (χ3n) is 5.57. The smallest absolute Gasteiger partial charge is 0.127 e. The number of anilines is 1. The zero-order chi connectivity index (χ0) is 19.6. The number of carbonyl (C=O) groups excluding carboxylic acids is 1. The second-order valence-electron chi connectivity index (χ2n) is 7.72. The molecule has 0 saturated heterocycles. The van der Waals surface area contributed by atoms with Gasteiger partial charge in [0.2, 0.25) is 0 Å². The molecule has 6 heteroatoms. The molecular formula is C22H23FN4O. The van der Waals surface area contributed by atoms with E-state index in [2.05, 4.69) is 15.6 Å². The van der Waals surface area contributed by atoms with E-state index in [9.17, 15) is 9.18 Å². The number of benzene rings is 2.